The van der Waals surface area contributed by atoms with Gasteiger partial charge in [-0.15, -0.1) is 11.3 Å². The number of rotatable bonds is 5. The molecule has 0 aliphatic rings. The van der Waals surface area contributed by atoms with Crippen molar-refractivity contribution in [2.75, 3.05) is 0 Å². The number of hydrogen-bond acceptors (Lipinski definition) is 4. The SMILES string of the molecule is Cc1ncsc1CNOCc1ccccc1. The van der Waals surface area contributed by atoms with Crippen molar-refractivity contribution in [2.24, 2.45) is 0 Å². The summed E-state index contributed by atoms with van der Waals surface area (Å²) in [7, 11) is 0. The average molecular weight is 234 g/mol. The van der Waals surface area contributed by atoms with Gasteiger partial charge in [0.25, 0.3) is 0 Å². The maximum atomic E-state index is 5.38. The third kappa shape index (κ3) is 3.13. The van der Waals surface area contributed by atoms with Gasteiger partial charge in [0, 0.05) is 4.88 Å². The Hall–Kier alpha value is -1.23. The summed E-state index contributed by atoms with van der Waals surface area (Å²) in [5.41, 5.74) is 7.03. The molecule has 0 fully saturated rings. The average Bonchev–Trinajstić information content (AvgIpc) is 2.72. The molecule has 0 spiro atoms. The summed E-state index contributed by atoms with van der Waals surface area (Å²) in [6.45, 7) is 3.30. The van der Waals surface area contributed by atoms with Gasteiger partial charge >= 0.3 is 0 Å². The van der Waals surface area contributed by atoms with Crippen LogP contribution >= 0.6 is 11.3 Å². The largest absolute Gasteiger partial charge is 0.297 e. The first-order valence-corrected chi connectivity index (χ1v) is 6.02. The van der Waals surface area contributed by atoms with Crippen molar-refractivity contribution in [2.45, 2.75) is 20.1 Å². The van der Waals surface area contributed by atoms with Crippen LogP contribution in [0.2, 0.25) is 0 Å². The topological polar surface area (TPSA) is 34.2 Å². The van der Waals surface area contributed by atoms with Crippen LogP contribution in [0.25, 0.3) is 0 Å². The van der Waals surface area contributed by atoms with Gasteiger partial charge in [-0.1, -0.05) is 30.3 Å². The fourth-order valence-corrected chi connectivity index (χ4v) is 2.02. The Labute approximate surface area is 99.1 Å². The van der Waals surface area contributed by atoms with Crippen LogP contribution in [0.5, 0.6) is 0 Å². The van der Waals surface area contributed by atoms with Gasteiger partial charge in [0.15, 0.2) is 0 Å². The summed E-state index contributed by atoms with van der Waals surface area (Å²) >= 11 is 1.64. The molecular weight excluding hydrogens is 220 g/mol. The van der Waals surface area contributed by atoms with Gasteiger partial charge in [0.2, 0.25) is 0 Å². The minimum atomic E-state index is 0.582. The molecule has 0 atom stereocenters. The van der Waals surface area contributed by atoms with Crippen LogP contribution in [0, 0.1) is 6.92 Å². The molecule has 4 heteroatoms. The molecule has 3 nitrogen and oxygen atoms in total. The maximum Gasteiger partial charge on any atom is 0.0933 e. The Bertz CT molecular complexity index is 428. The first kappa shape index (κ1) is 11.3. The van der Waals surface area contributed by atoms with Crippen molar-refractivity contribution in [3.05, 3.63) is 52.0 Å². The predicted molar refractivity (Wildman–Crippen MR) is 64.9 cm³/mol. The van der Waals surface area contributed by atoms with Gasteiger partial charge in [-0.05, 0) is 12.5 Å². The van der Waals surface area contributed by atoms with Crippen LogP contribution in [0.4, 0.5) is 0 Å². The summed E-state index contributed by atoms with van der Waals surface area (Å²) in [5.74, 6) is 0. The lowest BCUT2D eigenvalue weighted by Crippen LogP contribution is -2.13. The Kier molecular flexibility index (Phi) is 4.04. The second-order valence-corrected chi connectivity index (χ2v) is 4.40. The van der Waals surface area contributed by atoms with Crippen LogP contribution in [0.3, 0.4) is 0 Å². The number of hydrogen-bond donors (Lipinski definition) is 1. The monoisotopic (exact) mass is 234 g/mol. The van der Waals surface area contributed by atoms with Crippen LogP contribution < -0.4 is 5.48 Å². The maximum absolute atomic E-state index is 5.38. The standard InChI is InChI=1S/C12H14N2OS/c1-10-12(16-9-13-10)7-14-15-8-11-5-3-2-4-6-11/h2-6,9,14H,7-8H2,1H3. The summed E-state index contributed by atoms with van der Waals surface area (Å²) in [4.78, 5) is 10.8. The first-order chi connectivity index (χ1) is 7.86. The zero-order valence-electron chi connectivity index (χ0n) is 9.14. The van der Waals surface area contributed by atoms with Gasteiger partial charge in [0.05, 0.1) is 24.4 Å². The van der Waals surface area contributed by atoms with Crippen molar-refractivity contribution in [3.8, 4) is 0 Å². The summed E-state index contributed by atoms with van der Waals surface area (Å²) in [6.07, 6.45) is 0. The molecule has 1 aromatic heterocycles. The molecule has 2 rings (SSSR count). The van der Waals surface area contributed by atoms with E-state index in [2.05, 4.69) is 10.5 Å². The number of thiazole rings is 1. The molecule has 84 valence electrons. The van der Waals surface area contributed by atoms with E-state index in [0.717, 1.165) is 11.3 Å². The van der Waals surface area contributed by atoms with Crippen LogP contribution in [0.1, 0.15) is 16.1 Å². The third-order valence-electron chi connectivity index (χ3n) is 2.26. The Morgan fingerprint density at radius 3 is 2.81 bits per heavy atom. The van der Waals surface area contributed by atoms with Crippen LogP contribution in [-0.4, -0.2) is 4.98 Å². The summed E-state index contributed by atoms with van der Waals surface area (Å²) in [6, 6.07) is 10.1. The van der Waals surface area contributed by atoms with Gasteiger partial charge in [-0.25, -0.2) is 4.98 Å². The van der Waals surface area contributed by atoms with E-state index < -0.39 is 0 Å². The van der Waals surface area contributed by atoms with E-state index in [1.165, 1.54) is 4.88 Å². The van der Waals surface area contributed by atoms with Crippen molar-refractivity contribution >= 4 is 11.3 Å². The highest BCUT2D eigenvalue weighted by Crippen LogP contribution is 2.11. The molecule has 0 amide bonds. The first-order valence-electron chi connectivity index (χ1n) is 5.14. The molecule has 2 aromatic rings. The quantitative estimate of drug-likeness (QED) is 0.638. The fraction of sp³-hybridized carbons (Fsp3) is 0.250. The van der Waals surface area contributed by atoms with Crippen molar-refractivity contribution < 1.29 is 4.84 Å². The lowest BCUT2D eigenvalue weighted by molar-refractivity contribution is 0.0239. The molecule has 1 heterocycles. The number of aromatic nitrogens is 1. The number of benzene rings is 1. The van der Waals surface area contributed by atoms with E-state index in [-0.39, 0.29) is 0 Å². The molecule has 16 heavy (non-hydrogen) atoms. The lowest BCUT2D eigenvalue weighted by atomic mass is 10.2. The molecule has 0 bridgehead atoms. The van der Waals surface area contributed by atoms with Crippen LogP contribution in [0.15, 0.2) is 35.8 Å². The molecule has 1 N–H and O–H groups in total. The van der Waals surface area contributed by atoms with E-state index in [9.17, 15) is 0 Å². The Morgan fingerprint density at radius 1 is 1.31 bits per heavy atom. The molecule has 0 saturated heterocycles. The summed E-state index contributed by atoms with van der Waals surface area (Å²) < 4.78 is 0. The summed E-state index contributed by atoms with van der Waals surface area (Å²) in [5, 5.41) is 0. The van der Waals surface area contributed by atoms with E-state index >= 15 is 0 Å². The number of nitrogens with one attached hydrogen (secondary N) is 1. The zero-order chi connectivity index (χ0) is 11.2. The highest BCUT2D eigenvalue weighted by molar-refractivity contribution is 7.09. The molecule has 1 aromatic carbocycles. The van der Waals surface area contributed by atoms with Crippen molar-refractivity contribution in [1.82, 2.24) is 10.5 Å². The molecule has 0 saturated carbocycles. The molecule has 0 aliphatic carbocycles. The fourth-order valence-electron chi connectivity index (χ4n) is 1.32. The smallest absolute Gasteiger partial charge is 0.0933 e. The van der Waals surface area contributed by atoms with Gasteiger partial charge in [0.1, 0.15) is 0 Å². The highest BCUT2D eigenvalue weighted by atomic mass is 32.1. The number of aryl methyl sites for hydroxylation is 1. The minimum absolute atomic E-state index is 0.582. The lowest BCUT2D eigenvalue weighted by Gasteiger charge is -2.04. The minimum Gasteiger partial charge on any atom is -0.297 e. The van der Waals surface area contributed by atoms with Gasteiger partial charge in [-0.3, -0.25) is 4.84 Å². The molecule has 0 aliphatic heterocycles. The van der Waals surface area contributed by atoms with Gasteiger partial charge in [-0.2, -0.15) is 5.48 Å². The second-order valence-electron chi connectivity index (χ2n) is 3.46. The van der Waals surface area contributed by atoms with Gasteiger partial charge < -0.3 is 0 Å². The van der Waals surface area contributed by atoms with Crippen LogP contribution in [-0.2, 0) is 18.0 Å². The molecular formula is C12H14N2OS. The van der Waals surface area contributed by atoms with Crippen molar-refractivity contribution in [1.29, 1.82) is 0 Å². The zero-order valence-corrected chi connectivity index (χ0v) is 9.96. The number of hydroxylamine groups is 1. The third-order valence-corrected chi connectivity index (χ3v) is 3.20. The normalized spacial score (nSPS) is 10.6. The second kappa shape index (κ2) is 5.75. The molecule has 0 unspecified atom stereocenters. The molecule has 0 radical (unpaired) electrons. The Morgan fingerprint density at radius 2 is 2.12 bits per heavy atom. The van der Waals surface area contributed by atoms with Crippen molar-refractivity contribution in [3.63, 3.8) is 0 Å². The number of nitrogens with zero attached hydrogens (tertiary/aromatic N) is 1. The van der Waals surface area contributed by atoms with E-state index in [4.69, 9.17) is 4.84 Å². The van der Waals surface area contributed by atoms with E-state index in [1.807, 2.05) is 42.8 Å². The highest BCUT2D eigenvalue weighted by Gasteiger charge is 2.00. The predicted octanol–water partition coefficient (Wildman–Crippen LogP) is 2.67. The Balaban J connectivity index is 1.72. The van der Waals surface area contributed by atoms with E-state index in [1.54, 1.807) is 11.3 Å². The van der Waals surface area contributed by atoms with E-state index in [0.29, 0.717) is 13.2 Å².